The fourth-order valence-corrected chi connectivity index (χ4v) is 1.88. The Balaban J connectivity index is 2.19. The molecule has 0 bridgehead atoms. The van der Waals surface area contributed by atoms with Crippen LogP contribution in [0.5, 0.6) is 11.5 Å². The number of hydrogen-bond donors (Lipinski definition) is 2. The monoisotopic (exact) mass is 222 g/mol. The molecule has 0 aliphatic carbocycles. The van der Waals surface area contributed by atoms with Crippen molar-refractivity contribution >= 4 is 0 Å². The van der Waals surface area contributed by atoms with Crippen LogP contribution in [0.15, 0.2) is 18.2 Å². The number of benzene rings is 1. The molecule has 0 saturated heterocycles. The summed E-state index contributed by atoms with van der Waals surface area (Å²) in [5.41, 5.74) is 12.6. The molecular weight excluding hydrogens is 204 g/mol. The average molecular weight is 222 g/mol. The van der Waals surface area contributed by atoms with Crippen LogP contribution in [-0.4, -0.2) is 19.8 Å². The van der Waals surface area contributed by atoms with E-state index in [1.807, 2.05) is 18.2 Å². The molecule has 1 heterocycles. The smallest absolute Gasteiger partial charge is 0.166 e. The van der Waals surface area contributed by atoms with Crippen molar-refractivity contribution < 1.29 is 9.47 Å². The first-order chi connectivity index (χ1) is 7.83. The minimum atomic E-state index is -0.0276. The highest BCUT2D eigenvalue weighted by Crippen LogP contribution is 2.37. The SMILES string of the molecule is NCCC[C@@H](N)c1cccc2c1OCCO2. The van der Waals surface area contributed by atoms with Gasteiger partial charge in [-0.15, -0.1) is 0 Å². The molecule has 4 heteroatoms. The van der Waals surface area contributed by atoms with Crippen LogP contribution in [0.2, 0.25) is 0 Å². The van der Waals surface area contributed by atoms with Gasteiger partial charge in [-0.2, -0.15) is 0 Å². The Hall–Kier alpha value is -1.26. The maximum atomic E-state index is 6.11. The maximum absolute atomic E-state index is 6.11. The molecule has 0 amide bonds. The van der Waals surface area contributed by atoms with Gasteiger partial charge in [-0.3, -0.25) is 0 Å². The van der Waals surface area contributed by atoms with Crippen molar-refractivity contribution in [1.29, 1.82) is 0 Å². The normalized spacial score (nSPS) is 15.9. The Morgan fingerprint density at radius 2 is 2.06 bits per heavy atom. The van der Waals surface area contributed by atoms with Gasteiger partial charge < -0.3 is 20.9 Å². The van der Waals surface area contributed by atoms with Gasteiger partial charge in [0.2, 0.25) is 0 Å². The van der Waals surface area contributed by atoms with E-state index in [4.69, 9.17) is 20.9 Å². The van der Waals surface area contributed by atoms with E-state index in [1.54, 1.807) is 0 Å². The summed E-state index contributed by atoms with van der Waals surface area (Å²) in [4.78, 5) is 0. The van der Waals surface area contributed by atoms with Crippen LogP contribution >= 0.6 is 0 Å². The molecule has 0 saturated carbocycles. The van der Waals surface area contributed by atoms with Crippen LogP contribution in [-0.2, 0) is 0 Å². The summed E-state index contributed by atoms with van der Waals surface area (Å²) in [6.07, 6.45) is 1.79. The van der Waals surface area contributed by atoms with Gasteiger partial charge in [-0.25, -0.2) is 0 Å². The minimum absolute atomic E-state index is 0.0276. The van der Waals surface area contributed by atoms with Crippen molar-refractivity contribution in [2.75, 3.05) is 19.8 Å². The van der Waals surface area contributed by atoms with E-state index in [9.17, 15) is 0 Å². The minimum Gasteiger partial charge on any atom is -0.486 e. The van der Waals surface area contributed by atoms with Gasteiger partial charge in [0, 0.05) is 11.6 Å². The van der Waals surface area contributed by atoms with E-state index in [-0.39, 0.29) is 6.04 Å². The molecule has 1 atom stereocenters. The molecule has 0 fully saturated rings. The molecule has 0 radical (unpaired) electrons. The lowest BCUT2D eigenvalue weighted by Gasteiger charge is -2.23. The lowest BCUT2D eigenvalue weighted by molar-refractivity contribution is 0.169. The Labute approximate surface area is 95.5 Å². The highest BCUT2D eigenvalue weighted by molar-refractivity contribution is 5.48. The van der Waals surface area contributed by atoms with E-state index in [0.29, 0.717) is 19.8 Å². The largest absolute Gasteiger partial charge is 0.486 e. The summed E-state index contributed by atoms with van der Waals surface area (Å²) >= 11 is 0. The third kappa shape index (κ3) is 2.28. The Bertz CT molecular complexity index is 355. The van der Waals surface area contributed by atoms with Crippen LogP contribution in [0.1, 0.15) is 24.4 Å². The molecule has 16 heavy (non-hydrogen) atoms. The molecular formula is C12H18N2O2. The summed E-state index contributed by atoms with van der Waals surface area (Å²) in [6, 6.07) is 5.83. The topological polar surface area (TPSA) is 70.5 Å². The first kappa shape index (κ1) is 11.2. The lowest BCUT2D eigenvalue weighted by Crippen LogP contribution is -2.20. The van der Waals surface area contributed by atoms with Crippen molar-refractivity contribution in [3.8, 4) is 11.5 Å². The van der Waals surface area contributed by atoms with Crippen molar-refractivity contribution in [2.24, 2.45) is 11.5 Å². The predicted molar refractivity (Wildman–Crippen MR) is 62.6 cm³/mol. The van der Waals surface area contributed by atoms with Crippen LogP contribution in [0.4, 0.5) is 0 Å². The van der Waals surface area contributed by atoms with Gasteiger partial charge in [0.15, 0.2) is 11.5 Å². The molecule has 1 aromatic carbocycles. The number of para-hydroxylation sites is 1. The zero-order valence-corrected chi connectivity index (χ0v) is 9.32. The zero-order valence-electron chi connectivity index (χ0n) is 9.32. The van der Waals surface area contributed by atoms with E-state index in [2.05, 4.69) is 0 Å². The van der Waals surface area contributed by atoms with Gasteiger partial charge in [0.1, 0.15) is 13.2 Å². The highest BCUT2D eigenvalue weighted by Gasteiger charge is 2.19. The van der Waals surface area contributed by atoms with Crippen LogP contribution in [0.3, 0.4) is 0 Å². The summed E-state index contributed by atoms with van der Waals surface area (Å²) in [7, 11) is 0. The molecule has 4 N–H and O–H groups in total. The molecule has 1 aromatic rings. The Morgan fingerprint density at radius 3 is 2.88 bits per heavy atom. The predicted octanol–water partition coefficient (Wildman–Crippen LogP) is 1.20. The molecule has 0 spiro atoms. The quantitative estimate of drug-likeness (QED) is 0.803. The fourth-order valence-electron chi connectivity index (χ4n) is 1.88. The maximum Gasteiger partial charge on any atom is 0.166 e. The van der Waals surface area contributed by atoms with E-state index in [1.165, 1.54) is 0 Å². The summed E-state index contributed by atoms with van der Waals surface area (Å²) < 4.78 is 11.1. The number of nitrogens with two attached hydrogens (primary N) is 2. The molecule has 0 unspecified atom stereocenters. The van der Waals surface area contributed by atoms with Gasteiger partial charge >= 0.3 is 0 Å². The van der Waals surface area contributed by atoms with Crippen molar-refractivity contribution in [1.82, 2.24) is 0 Å². The van der Waals surface area contributed by atoms with Gasteiger partial charge in [-0.1, -0.05) is 12.1 Å². The number of rotatable bonds is 4. The molecule has 2 rings (SSSR count). The molecule has 88 valence electrons. The number of hydrogen-bond acceptors (Lipinski definition) is 4. The second kappa shape index (κ2) is 5.18. The van der Waals surface area contributed by atoms with Crippen molar-refractivity contribution in [2.45, 2.75) is 18.9 Å². The van der Waals surface area contributed by atoms with Gasteiger partial charge in [0.25, 0.3) is 0 Å². The zero-order chi connectivity index (χ0) is 11.4. The first-order valence-electron chi connectivity index (χ1n) is 5.67. The second-order valence-electron chi connectivity index (χ2n) is 3.91. The Morgan fingerprint density at radius 1 is 1.25 bits per heavy atom. The lowest BCUT2D eigenvalue weighted by atomic mass is 10.0. The highest BCUT2D eigenvalue weighted by atomic mass is 16.6. The van der Waals surface area contributed by atoms with Crippen LogP contribution < -0.4 is 20.9 Å². The Kier molecular flexibility index (Phi) is 3.64. The summed E-state index contributed by atoms with van der Waals surface area (Å²) in [6.45, 7) is 1.86. The van der Waals surface area contributed by atoms with Gasteiger partial charge in [0.05, 0.1) is 0 Å². The third-order valence-corrected chi connectivity index (χ3v) is 2.72. The van der Waals surface area contributed by atoms with Crippen molar-refractivity contribution in [3.05, 3.63) is 23.8 Å². The second-order valence-corrected chi connectivity index (χ2v) is 3.91. The van der Waals surface area contributed by atoms with E-state index >= 15 is 0 Å². The van der Waals surface area contributed by atoms with Gasteiger partial charge in [-0.05, 0) is 25.5 Å². The molecule has 1 aliphatic rings. The standard InChI is InChI=1S/C12H18N2O2/c13-6-2-4-10(14)9-3-1-5-11-12(9)16-8-7-15-11/h1,3,5,10H,2,4,6-8,13-14H2/t10-/m1/s1. The molecule has 4 nitrogen and oxygen atoms in total. The fraction of sp³-hybridized carbons (Fsp3) is 0.500. The van der Waals surface area contributed by atoms with E-state index in [0.717, 1.165) is 29.9 Å². The molecule has 1 aliphatic heterocycles. The third-order valence-electron chi connectivity index (χ3n) is 2.72. The summed E-state index contributed by atoms with van der Waals surface area (Å²) in [5.74, 6) is 1.60. The molecule has 0 aromatic heterocycles. The number of fused-ring (bicyclic) bond motifs is 1. The number of ether oxygens (including phenoxy) is 2. The van der Waals surface area contributed by atoms with E-state index < -0.39 is 0 Å². The van der Waals surface area contributed by atoms with Crippen LogP contribution in [0, 0.1) is 0 Å². The summed E-state index contributed by atoms with van der Waals surface area (Å²) in [5, 5.41) is 0. The van der Waals surface area contributed by atoms with Crippen molar-refractivity contribution in [3.63, 3.8) is 0 Å². The van der Waals surface area contributed by atoms with Crippen LogP contribution in [0.25, 0.3) is 0 Å². The first-order valence-corrected chi connectivity index (χ1v) is 5.67. The average Bonchev–Trinajstić information content (AvgIpc) is 2.35.